The molecule has 1 aliphatic rings. The van der Waals surface area contributed by atoms with E-state index in [-0.39, 0.29) is 41.1 Å². The third-order valence-corrected chi connectivity index (χ3v) is 5.42. The van der Waals surface area contributed by atoms with Gasteiger partial charge in [0.15, 0.2) is 5.78 Å². The molecule has 0 aliphatic carbocycles. The number of carbonyl (C=O) groups excluding carboxylic acids is 2. The summed E-state index contributed by atoms with van der Waals surface area (Å²) in [6, 6.07) is 16.4. The molecule has 3 N–H and O–H groups in total. The zero-order valence-electron chi connectivity index (χ0n) is 17.8. The minimum absolute atomic E-state index is 0.00229. The van der Waals surface area contributed by atoms with Gasteiger partial charge in [0, 0.05) is 38.3 Å². The summed E-state index contributed by atoms with van der Waals surface area (Å²) >= 11 is 0. The Hall–Kier alpha value is -3.84. The first kappa shape index (κ1) is 21.4. The normalized spacial score (nSPS) is 14.6. The Kier molecular flexibility index (Phi) is 5.83. The molecule has 0 radical (unpaired) electrons. The largest absolute Gasteiger partial charge is 0.508 e. The molecule has 0 spiro atoms. The van der Waals surface area contributed by atoms with Gasteiger partial charge in [-0.2, -0.15) is 0 Å². The highest BCUT2D eigenvalue weighted by Gasteiger charge is 2.33. The third kappa shape index (κ3) is 4.15. The Morgan fingerprint density at radius 2 is 1.81 bits per heavy atom. The lowest BCUT2D eigenvalue weighted by atomic mass is 9.94. The number of ketones is 1. The van der Waals surface area contributed by atoms with Gasteiger partial charge in [-0.15, -0.1) is 0 Å². The van der Waals surface area contributed by atoms with E-state index in [4.69, 9.17) is 4.74 Å². The maximum absolute atomic E-state index is 13.4. The van der Waals surface area contributed by atoms with Crippen molar-refractivity contribution in [3.05, 3.63) is 88.5 Å². The zero-order chi connectivity index (χ0) is 22.8. The Labute approximate surface area is 185 Å². The summed E-state index contributed by atoms with van der Waals surface area (Å²) in [5.74, 6) is -0.946. The molecular weight excluding hydrogens is 408 g/mol. The summed E-state index contributed by atoms with van der Waals surface area (Å²) < 4.78 is 5.81. The molecule has 1 atom stereocenters. The molecule has 1 unspecified atom stereocenters. The van der Waals surface area contributed by atoms with Crippen molar-refractivity contribution in [2.75, 3.05) is 14.1 Å². The van der Waals surface area contributed by atoms with E-state index in [1.54, 1.807) is 32.3 Å². The van der Waals surface area contributed by atoms with Crippen molar-refractivity contribution in [1.29, 1.82) is 0 Å². The number of nitrogens with one attached hydrogen (secondary N) is 1. The molecule has 0 saturated carbocycles. The maximum Gasteiger partial charge on any atom is 0.253 e. The van der Waals surface area contributed by atoms with E-state index in [0.29, 0.717) is 12.1 Å². The van der Waals surface area contributed by atoms with Crippen LogP contribution < -0.4 is 10.1 Å². The van der Waals surface area contributed by atoms with Crippen LogP contribution in [0.3, 0.4) is 0 Å². The number of carbonyl (C=O) groups is 2. The van der Waals surface area contributed by atoms with Crippen LogP contribution in [0.25, 0.3) is 0 Å². The number of Topliss-reactive ketones (excluding diaryl/α,β-unsaturated/α-hetero) is 1. The van der Waals surface area contributed by atoms with Crippen LogP contribution in [0.2, 0.25) is 0 Å². The predicted molar refractivity (Wildman–Crippen MR) is 119 cm³/mol. The summed E-state index contributed by atoms with van der Waals surface area (Å²) in [5.41, 5.74) is 3.02. The molecule has 164 valence electrons. The van der Waals surface area contributed by atoms with Gasteiger partial charge >= 0.3 is 0 Å². The monoisotopic (exact) mass is 432 g/mol. The fraction of sp³-hybridized carbons (Fsp3) is 0.200. The van der Waals surface area contributed by atoms with E-state index in [0.717, 1.165) is 22.8 Å². The lowest BCUT2D eigenvalue weighted by molar-refractivity contribution is 0.0827. The van der Waals surface area contributed by atoms with Crippen LogP contribution in [0.1, 0.15) is 43.4 Å². The van der Waals surface area contributed by atoms with Gasteiger partial charge in [0.25, 0.3) is 5.91 Å². The average molecular weight is 432 g/mol. The second kappa shape index (κ2) is 8.72. The summed E-state index contributed by atoms with van der Waals surface area (Å²) in [6.07, 6.45) is 0. The number of phenols is 2. The highest BCUT2D eigenvalue weighted by atomic mass is 16.5. The van der Waals surface area contributed by atoms with Crippen molar-refractivity contribution in [3.63, 3.8) is 0 Å². The fourth-order valence-electron chi connectivity index (χ4n) is 3.82. The molecular formula is C25H24N2O5. The Morgan fingerprint density at radius 3 is 2.53 bits per heavy atom. The molecule has 1 heterocycles. The highest BCUT2D eigenvalue weighted by Crippen LogP contribution is 2.38. The van der Waals surface area contributed by atoms with Crippen LogP contribution in [0.5, 0.6) is 17.2 Å². The van der Waals surface area contributed by atoms with Crippen LogP contribution in [0.4, 0.5) is 0 Å². The number of amides is 1. The third-order valence-electron chi connectivity index (χ3n) is 5.42. The first-order chi connectivity index (χ1) is 15.3. The van der Waals surface area contributed by atoms with E-state index in [1.165, 1.54) is 11.0 Å². The van der Waals surface area contributed by atoms with Crippen LogP contribution in [0, 0.1) is 0 Å². The van der Waals surface area contributed by atoms with Gasteiger partial charge in [-0.05, 0) is 28.8 Å². The van der Waals surface area contributed by atoms with Crippen molar-refractivity contribution in [3.8, 4) is 17.2 Å². The van der Waals surface area contributed by atoms with Crippen LogP contribution >= 0.6 is 0 Å². The van der Waals surface area contributed by atoms with Crippen LogP contribution in [-0.4, -0.2) is 40.9 Å². The smallest absolute Gasteiger partial charge is 0.253 e. The number of rotatable bonds is 6. The summed E-state index contributed by atoms with van der Waals surface area (Å²) in [5, 5.41) is 23.6. The first-order valence-corrected chi connectivity index (χ1v) is 10.2. The highest BCUT2D eigenvalue weighted by molar-refractivity contribution is 6.06. The lowest BCUT2D eigenvalue weighted by Gasteiger charge is -2.17. The zero-order valence-corrected chi connectivity index (χ0v) is 17.8. The molecule has 3 aromatic rings. The van der Waals surface area contributed by atoms with Gasteiger partial charge in [-0.3, -0.25) is 14.9 Å². The van der Waals surface area contributed by atoms with Gasteiger partial charge in [0.1, 0.15) is 29.4 Å². The summed E-state index contributed by atoms with van der Waals surface area (Å²) in [6.45, 7) is 0.591. The summed E-state index contributed by atoms with van der Waals surface area (Å²) in [4.78, 5) is 27.2. The molecule has 32 heavy (non-hydrogen) atoms. The predicted octanol–water partition coefficient (Wildman–Crippen LogP) is 3.41. The van der Waals surface area contributed by atoms with Gasteiger partial charge in [-0.25, -0.2) is 0 Å². The van der Waals surface area contributed by atoms with Crippen molar-refractivity contribution in [2.45, 2.75) is 19.2 Å². The van der Waals surface area contributed by atoms with Gasteiger partial charge in [0.05, 0.1) is 6.04 Å². The van der Waals surface area contributed by atoms with E-state index >= 15 is 0 Å². The number of ether oxygens (including phenoxy) is 1. The minimum atomic E-state index is -0.706. The molecule has 0 bridgehead atoms. The lowest BCUT2D eigenvalue weighted by Crippen LogP contribution is -2.23. The maximum atomic E-state index is 13.4. The van der Waals surface area contributed by atoms with Crippen molar-refractivity contribution in [2.24, 2.45) is 0 Å². The number of aromatic hydroxyl groups is 2. The minimum Gasteiger partial charge on any atom is -0.508 e. The molecule has 0 fully saturated rings. The van der Waals surface area contributed by atoms with E-state index in [2.05, 4.69) is 5.32 Å². The molecule has 1 amide bonds. The Bertz CT molecular complexity index is 1170. The Balaban J connectivity index is 1.64. The number of hydrogen-bond donors (Lipinski definition) is 3. The van der Waals surface area contributed by atoms with Gasteiger partial charge < -0.3 is 19.8 Å². The molecule has 1 aliphatic heterocycles. The second-order valence-electron chi connectivity index (χ2n) is 7.90. The number of hydrogen-bond acceptors (Lipinski definition) is 6. The molecule has 3 aromatic carbocycles. The first-order valence-electron chi connectivity index (χ1n) is 10.2. The molecule has 0 aromatic heterocycles. The van der Waals surface area contributed by atoms with E-state index in [1.807, 2.05) is 30.3 Å². The van der Waals surface area contributed by atoms with Gasteiger partial charge in [0.2, 0.25) is 0 Å². The van der Waals surface area contributed by atoms with Crippen LogP contribution in [-0.2, 0) is 13.2 Å². The molecule has 7 nitrogen and oxygen atoms in total. The fourth-order valence-corrected chi connectivity index (χ4v) is 3.82. The standard InChI is InChI=1S/C25H24N2O5/c1-27(2)25(31)16-8-9-19-17(10-16)13-26-23(19)24(30)22-20(29)11-18(28)12-21(22)32-14-15-6-4-3-5-7-15/h3-12,23,26,28-29H,13-14H2,1-2H3. The van der Waals surface area contributed by atoms with Crippen molar-refractivity contribution < 1.29 is 24.5 Å². The molecule has 0 saturated heterocycles. The van der Waals surface area contributed by atoms with E-state index < -0.39 is 6.04 Å². The number of phenolic OH excluding ortho intramolecular Hbond substituents is 2. The SMILES string of the molecule is CN(C)C(=O)c1ccc2c(c1)CNC2C(=O)c1c(O)cc(O)cc1OCc1ccccc1. The number of benzene rings is 3. The summed E-state index contributed by atoms with van der Waals surface area (Å²) in [7, 11) is 3.37. The molecule has 7 heteroatoms. The number of fused-ring (bicyclic) bond motifs is 1. The van der Waals surface area contributed by atoms with Crippen LogP contribution in [0.15, 0.2) is 60.7 Å². The topological polar surface area (TPSA) is 99.1 Å². The van der Waals surface area contributed by atoms with Gasteiger partial charge in [-0.1, -0.05) is 36.4 Å². The average Bonchev–Trinajstić information content (AvgIpc) is 3.20. The van der Waals surface area contributed by atoms with Crippen molar-refractivity contribution >= 4 is 11.7 Å². The number of nitrogens with zero attached hydrogens (tertiary/aromatic N) is 1. The van der Waals surface area contributed by atoms with Crippen molar-refractivity contribution in [1.82, 2.24) is 10.2 Å². The second-order valence-corrected chi connectivity index (χ2v) is 7.90. The molecule has 4 rings (SSSR count). The quantitative estimate of drug-likeness (QED) is 0.517. The Morgan fingerprint density at radius 1 is 1.06 bits per heavy atom. The van der Waals surface area contributed by atoms with E-state index in [9.17, 15) is 19.8 Å².